The standard InChI is InChI=1S/C14H16ClNO2/c1-17-9-12-5-6-14(18-12)13(16)8-10-3-2-4-11(15)7-10/h2-7,13H,8-9,16H2,1H3. The van der Waals surface area contributed by atoms with Crippen LogP contribution in [0, 0.1) is 0 Å². The molecule has 18 heavy (non-hydrogen) atoms. The second kappa shape index (κ2) is 6.05. The smallest absolute Gasteiger partial charge is 0.129 e. The number of methoxy groups -OCH3 is 1. The highest BCUT2D eigenvalue weighted by Crippen LogP contribution is 2.20. The van der Waals surface area contributed by atoms with Gasteiger partial charge in [0.1, 0.15) is 18.1 Å². The molecule has 0 spiro atoms. The number of hydrogen-bond donors (Lipinski definition) is 1. The molecule has 0 aliphatic carbocycles. The van der Waals surface area contributed by atoms with E-state index in [-0.39, 0.29) is 6.04 Å². The molecular weight excluding hydrogens is 250 g/mol. The Bertz CT molecular complexity index is 510. The van der Waals surface area contributed by atoms with E-state index in [2.05, 4.69) is 0 Å². The van der Waals surface area contributed by atoms with Crippen molar-refractivity contribution in [1.29, 1.82) is 0 Å². The molecule has 2 rings (SSSR count). The third kappa shape index (κ3) is 3.35. The molecule has 1 unspecified atom stereocenters. The maximum atomic E-state index is 6.11. The molecule has 4 heteroatoms. The van der Waals surface area contributed by atoms with Gasteiger partial charge in [0, 0.05) is 12.1 Å². The summed E-state index contributed by atoms with van der Waals surface area (Å²) in [6, 6.07) is 11.3. The zero-order chi connectivity index (χ0) is 13.0. The number of rotatable bonds is 5. The fraction of sp³-hybridized carbons (Fsp3) is 0.286. The Labute approximate surface area is 111 Å². The molecule has 1 heterocycles. The predicted molar refractivity (Wildman–Crippen MR) is 71.5 cm³/mol. The summed E-state index contributed by atoms with van der Waals surface area (Å²) in [7, 11) is 1.63. The maximum absolute atomic E-state index is 6.11. The highest BCUT2D eigenvalue weighted by atomic mass is 35.5. The summed E-state index contributed by atoms with van der Waals surface area (Å²) in [5, 5.41) is 0.721. The summed E-state index contributed by atoms with van der Waals surface area (Å²) >= 11 is 5.94. The van der Waals surface area contributed by atoms with E-state index in [9.17, 15) is 0 Å². The van der Waals surface area contributed by atoms with Crippen LogP contribution >= 0.6 is 11.6 Å². The summed E-state index contributed by atoms with van der Waals surface area (Å²) in [6.45, 7) is 0.462. The van der Waals surface area contributed by atoms with E-state index in [0.29, 0.717) is 13.0 Å². The van der Waals surface area contributed by atoms with Crippen molar-refractivity contribution >= 4 is 11.6 Å². The first-order valence-corrected chi connectivity index (χ1v) is 6.14. The molecule has 1 aromatic heterocycles. The Balaban J connectivity index is 2.04. The Morgan fingerprint density at radius 2 is 2.17 bits per heavy atom. The van der Waals surface area contributed by atoms with Crippen molar-refractivity contribution in [2.45, 2.75) is 19.1 Å². The van der Waals surface area contributed by atoms with Crippen LogP contribution in [0.15, 0.2) is 40.8 Å². The Morgan fingerprint density at radius 3 is 2.89 bits per heavy atom. The van der Waals surface area contributed by atoms with E-state index in [1.165, 1.54) is 0 Å². The third-order valence-corrected chi connectivity index (χ3v) is 2.91. The number of halogens is 1. The van der Waals surface area contributed by atoms with Crippen molar-refractivity contribution in [1.82, 2.24) is 0 Å². The van der Waals surface area contributed by atoms with Crippen molar-refractivity contribution in [2.75, 3.05) is 7.11 Å². The van der Waals surface area contributed by atoms with E-state index in [4.69, 9.17) is 26.5 Å². The normalized spacial score (nSPS) is 12.6. The van der Waals surface area contributed by atoms with Crippen molar-refractivity contribution in [3.63, 3.8) is 0 Å². The van der Waals surface area contributed by atoms with E-state index in [1.54, 1.807) is 7.11 Å². The summed E-state index contributed by atoms with van der Waals surface area (Å²) in [6.07, 6.45) is 0.695. The average Bonchev–Trinajstić information content (AvgIpc) is 2.78. The summed E-state index contributed by atoms with van der Waals surface area (Å²) in [5.41, 5.74) is 7.21. The van der Waals surface area contributed by atoms with Crippen molar-refractivity contribution in [3.05, 3.63) is 58.5 Å². The summed E-state index contributed by atoms with van der Waals surface area (Å²) in [5.74, 6) is 1.55. The molecule has 1 atom stereocenters. The molecule has 0 amide bonds. The highest BCUT2D eigenvalue weighted by molar-refractivity contribution is 6.30. The molecule has 2 N–H and O–H groups in total. The van der Waals surface area contributed by atoms with Gasteiger partial charge in [0.25, 0.3) is 0 Å². The lowest BCUT2D eigenvalue weighted by molar-refractivity contribution is 0.162. The molecule has 0 fully saturated rings. The van der Waals surface area contributed by atoms with E-state index >= 15 is 0 Å². The lowest BCUT2D eigenvalue weighted by atomic mass is 10.1. The molecule has 0 saturated heterocycles. The van der Waals surface area contributed by atoms with Crippen molar-refractivity contribution in [3.8, 4) is 0 Å². The lowest BCUT2D eigenvalue weighted by Crippen LogP contribution is -2.12. The fourth-order valence-corrected chi connectivity index (χ4v) is 2.04. The number of hydrogen-bond acceptors (Lipinski definition) is 3. The zero-order valence-electron chi connectivity index (χ0n) is 10.2. The van der Waals surface area contributed by atoms with Gasteiger partial charge in [-0.05, 0) is 36.2 Å². The molecule has 1 aromatic carbocycles. The molecule has 0 bridgehead atoms. The molecule has 3 nitrogen and oxygen atoms in total. The maximum Gasteiger partial charge on any atom is 0.129 e. The van der Waals surface area contributed by atoms with Crippen LogP contribution in [0.4, 0.5) is 0 Å². The number of benzene rings is 1. The SMILES string of the molecule is COCc1ccc(C(N)Cc2cccc(Cl)c2)o1. The Morgan fingerprint density at radius 1 is 1.33 bits per heavy atom. The minimum absolute atomic E-state index is 0.172. The lowest BCUT2D eigenvalue weighted by Gasteiger charge is -2.09. The second-order valence-electron chi connectivity index (χ2n) is 4.18. The quantitative estimate of drug-likeness (QED) is 0.902. The van der Waals surface area contributed by atoms with Gasteiger partial charge in [-0.3, -0.25) is 0 Å². The predicted octanol–water partition coefficient (Wildman–Crippen LogP) is 3.32. The van der Waals surface area contributed by atoms with Crippen LogP contribution in [0.25, 0.3) is 0 Å². The van der Waals surface area contributed by atoms with Crippen molar-refractivity contribution in [2.24, 2.45) is 5.73 Å². The zero-order valence-corrected chi connectivity index (χ0v) is 11.0. The first-order chi connectivity index (χ1) is 8.69. The van der Waals surface area contributed by atoms with Crippen LogP contribution in [0.3, 0.4) is 0 Å². The van der Waals surface area contributed by atoms with Crippen LogP contribution in [0.2, 0.25) is 5.02 Å². The summed E-state index contributed by atoms with van der Waals surface area (Å²) in [4.78, 5) is 0. The highest BCUT2D eigenvalue weighted by Gasteiger charge is 2.12. The fourth-order valence-electron chi connectivity index (χ4n) is 1.83. The minimum Gasteiger partial charge on any atom is -0.462 e. The van der Waals surface area contributed by atoms with E-state index < -0.39 is 0 Å². The molecule has 0 saturated carbocycles. The molecule has 96 valence electrons. The first-order valence-electron chi connectivity index (χ1n) is 5.76. The minimum atomic E-state index is -0.172. The largest absolute Gasteiger partial charge is 0.462 e. The molecule has 0 radical (unpaired) electrons. The van der Waals surface area contributed by atoms with Gasteiger partial charge in [-0.25, -0.2) is 0 Å². The Hall–Kier alpha value is -1.29. The van der Waals surface area contributed by atoms with Crippen LogP contribution in [0.5, 0.6) is 0 Å². The molecule has 0 aliphatic heterocycles. The van der Waals surface area contributed by atoms with Crippen LogP contribution in [0.1, 0.15) is 23.1 Å². The molecule has 0 aliphatic rings. The first kappa shape index (κ1) is 13.1. The van der Waals surface area contributed by atoms with Gasteiger partial charge in [0.15, 0.2) is 0 Å². The monoisotopic (exact) mass is 265 g/mol. The van der Waals surface area contributed by atoms with Gasteiger partial charge in [-0.15, -0.1) is 0 Å². The number of furan rings is 1. The van der Waals surface area contributed by atoms with Crippen LogP contribution in [-0.4, -0.2) is 7.11 Å². The average molecular weight is 266 g/mol. The second-order valence-corrected chi connectivity index (χ2v) is 4.61. The third-order valence-electron chi connectivity index (χ3n) is 2.68. The van der Waals surface area contributed by atoms with Gasteiger partial charge >= 0.3 is 0 Å². The van der Waals surface area contributed by atoms with Crippen molar-refractivity contribution < 1.29 is 9.15 Å². The van der Waals surface area contributed by atoms with Gasteiger partial charge in [0.2, 0.25) is 0 Å². The summed E-state index contributed by atoms with van der Waals surface area (Å²) < 4.78 is 10.6. The Kier molecular flexibility index (Phi) is 4.42. The number of ether oxygens (including phenoxy) is 1. The molecule has 2 aromatic rings. The van der Waals surface area contributed by atoms with Gasteiger partial charge in [0.05, 0.1) is 6.04 Å². The topological polar surface area (TPSA) is 48.4 Å². The van der Waals surface area contributed by atoms with Gasteiger partial charge in [-0.1, -0.05) is 23.7 Å². The van der Waals surface area contributed by atoms with Gasteiger partial charge in [-0.2, -0.15) is 0 Å². The number of nitrogens with two attached hydrogens (primary N) is 1. The van der Waals surface area contributed by atoms with Gasteiger partial charge < -0.3 is 14.9 Å². The van der Waals surface area contributed by atoms with E-state index in [0.717, 1.165) is 22.1 Å². The molecular formula is C14H16ClNO2. The van der Waals surface area contributed by atoms with Crippen LogP contribution in [-0.2, 0) is 17.8 Å². The van der Waals surface area contributed by atoms with E-state index in [1.807, 2.05) is 36.4 Å². The van der Waals surface area contributed by atoms with Crippen LogP contribution < -0.4 is 5.73 Å².